The van der Waals surface area contributed by atoms with Crippen molar-refractivity contribution in [3.8, 4) is 5.75 Å². The summed E-state index contributed by atoms with van der Waals surface area (Å²) >= 11 is 0.903. The molecule has 25 heavy (non-hydrogen) atoms. The standard InChI is InChI=1S/C14H12N4O6S/c1-9-2-4-12(11(6-9)17(20)21)24-8-13(19)16-15-7-10-3-5-14(25-10)18(22)23/h2-7H,8H2,1H3,(H,16,19)/b15-7+. The van der Waals surface area contributed by atoms with E-state index in [9.17, 15) is 25.0 Å². The van der Waals surface area contributed by atoms with Crippen LogP contribution in [0.25, 0.3) is 0 Å². The van der Waals surface area contributed by atoms with Gasteiger partial charge < -0.3 is 4.74 Å². The van der Waals surface area contributed by atoms with E-state index in [1.807, 2.05) is 0 Å². The second kappa shape index (κ2) is 7.97. The number of aryl methyl sites for hydroxylation is 1. The predicted molar refractivity (Wildman–Crippen MR) is 90.0 cm³/mol. The van der Waals surface area contributed by atoms with Gasteiger partial charge in [0.15, 0.2) is 12.4 Å². The Morgan fingerprint density at radius 3 is 2.68 bits per heavy atom. The monoisotopic (exact) mass is 364 g/mol. The lowest BCUT2D eigenvalue weighted by atomic mass is 10.2. The first-order valence-corrected chi connectivity index (χ1v) is 7.62. The Morgan fingerprint density at radius 1 is 1.28 bits per heavy atom. The van der Waals surface area contributed by atoms with Crippen molar-refractivity contribution in [2.75, 3.05) is 6.61 Å². The Bertz CT molecular complexity index is 848. The summed E-state index contributed by atoms with van der Waals surface area (Å²) in [6.07, 6.45) is 1.25. The molecule has 0 spiro atoms. The molecule has 130 valence electrons. The van der Waals surface area contributed by atoms with E-state index in [0.29, 0.717) is 10.4 Å². The third-order valence-corrected chi connectivity index (χ3v) is 3.81. The number of hydrazone groups is 1. The number of nitrogens with zero attached hydrogens (tertiary/aromatic N) is 3. The second-order valence-corrected chi connectivity index (χ2v) is 5.84. The summed E-state index contributed by atoms with van der Waals surface area (Å²) in [6.45, 7) is 1.24. The zero-order valence-electron chi connectivity index (χ0n) is 12.9. The number of hydrogen-bond acceptors (Lipinski definition) is 8. The van der Waals surface area contributed by atoms with Crippen molar-refractivity contribution >= 4 is 34.1 Å². The fraction of sp³-hybridized carbons (Fsp3) is 0.143. The van der Waals surface area contributed by atoms with Crippen molar-refractivity contribution in [3.05, 3.63) is 61.0 Å². The van der Waals surface area contributed by atoms with E-state index in [2.05, 4.69) is 10.5 Å². The molecule has 1 heterocycles. The van der Waals surface area contributed by atoms with Crippen LogP contribution in [0.2, 0.25) is 0 Å². The van der Waals surface area contributed by atoms with E-state index in [-0.39, 0.29) is 16.4 Å². The molecule has 0 aliphatic rings. The molecule has 0 saturated carbocycles. The van der Waals surface area contributed by atoms with Crippen LogP contribution in [-0.2, 0) is 4.79 Å². The Labute approximate surface area is 145 Å². The van der Waals surface area contributed by atoms with Gasteiger partial charge in [-0.3, -0.25) is 25.0 Å². The number of nitro groups is 2. The van der Waals surface area contributed by atoms with E-state index >= 15 is 0 Å². The molecule has 0 radical (unpaired) electrons. The van der Waals surface area contributed by atoms with Gasteiger partial charge in [0.25, 0.3) is 5.91 Å². The molecule has 0 aliphatic carbocycles. The number of rotatable bonds is 7. The Balaban J connectivity index is 1.89. The van der Waals surface area contributed by atoms with Crippen molar-refractivity contribution < 1.29 is 19.4 Å². The molecule has 0 fully saturated rings. The SMILES string of the molecule is Cc1ccc(OCC(=O)N/N=C/c2ccc([N+](=O)[O-])s2)c([N+](=O)[O-])c1. The quantitative estimate of drug-likeness (QED) is 0.455. The highest BCUT2D eigenvalue weighted by atomic mass is 32.1. The van der Waals surface area contributed by atoms with Gasteiger partial charge in [-0.1, -0.05) is 17.4 Å². The van der Waals surface area contributed by atoms with Crippen molar-refractivity contribution in [2.24, 2.45) is 5.10 Å². The first-order chi connectivity index (χ1) is 11.9. The van der Waals surface area contributed by atoms with Gasteiger partial charge in [0.1, 0.15) is 0 Å². The van der Waals surface area contributed by atoms with Crippen LogP contribution in [0.5, 0.6) is 5.75 Å². The zero-order valence-corrected chi connectivity index (χ0v) is 13.7. The molecular weight excluding hydrogens is 352 g/mol. The number of ether oxygens (including phenoxy) is 1. The molecule has 1 aromatic carbocycles. The van der Waals surface area contributed by atoms with Crippen LogP contribution in [-0.4, -0.2) is 28.6 Å². The minimum absolute atomic E-state index is 0.0244. The lowest BCUT2D eigenvalue weighted by Crippen LogP contribution is -2.24. The van der Waals surface area contributed by atoms with E-state index < -0.39 is 22.4 Å². The van der Waals surface area contributed by atoms with E-state index in [4.69, 9.17) is 4.74 Å². The van der Waals surface area contributed by atoms with Gasteiger partial charge in [0.2, 0.25) is 0 Å². The third-order valence-electron chi connectivity index (χ3n) is 2.84. The number of benzene rings is 1. The summed E-state index contributed by atoms with van der Waals surface area (Å²) in [5, 5.41) is 25.1. The first-order valence-electron chi connectivity index (χ1n) is 6.81. The molecule has 1 amide bonds. The molecule has 2 aromatic rings. The number of thiophene rings is 1. The van der Waals surface area contributed by atoms with E-state index in [0.717, 1.165) is 11.3 Å². The van der Waals surface area contributed by atoms with Gasteiger partial charge in [0.05, 0.1) is 20.9 Å². The van der Waals surface area contributed by atoms with Crippen LogP contribution in [0.15, 0.2) is 35.4 Å². The maximum atomic E-state index is 11.6. The Morgan fingerprint density at radius 2 is 2.04 bits per heavy atom. The first kappa shape index (κ1) is 18.0. The summed E-state index contributed by atoms with van der Waals surface area (Å²) in [5.41, 5.74) is 2.63. The van der Waals surface area contributed by atoms with Crippen molar-refractivity contribution in [1.29, 1.82) is 0 Å². The summed E-state index contributed by atoms with van der Waals surface area (Å²) in [5.74, 6) is -0.652. The number of hydrogen-bond donors (Lipinski definition) is 1. The largest absolute Gasteiger partial charge is 0.477 e. The summed E-state index contributed by atoms with van der Waals surface area (Å²) in [4.78, 5) is 32.5. The average molecular weight is 364 g/mol. The lowest BCUT2D eigenvalue weighted by molar-refractivity contribution is -0.385. The smallest absolute Gasteiger partial charge is 0.324 e. The topological polar surface area (TPSA) is 137 Å². The van der Waals surface area contributed by atoms with Gasteiger partial charge in [-0.15, -0.1) is 0 Å². The van der Waals surface area contributed by atoms with Crippen LogP contribution in [0.1, 0.15) is 10.4 Å². The van der Waals surface area contributed by atoms with Crippen LogP contribution in [0, 0.1) is 27.2 Å². The number of carbonyl (C=O) groups excluding carboxylic acids is 1. The Kier molecular flexibility index (Phi) is 5.74. The van der Waals surface area contributed by atoms with E-state index in [1.54, 1.807) is 13.0 Å². The van der Waals surface area contributed by atoms with Gasteiger partial charge in [-0.25, -0.2) is 5.43 Å². The van der Waals surface area contributed by atoms with Crippen LogP contribution in [0.3, 0.4) is 0 Å². The fourth-order valence-corrected chi connectivity index (χ4v) is 2.44. The summed E-state index contributed by atoms with van der Waals surface area (Å²) in [6, 6.07) is 7.20. The molecule has 1 N–H and O–H groups in total. The Hall–Kier alpha value is -3.34. The zero-order chi connectivity index (χ0) is 18.4. The minimum atomic E-state index is -0.628. The number of carbonyl (C=O) groups is 1. The highest BCUT2D eigenvalue weighted by molar-refractivity contribution is 7.16. The maximum absolute atomic E-state index is 11.6. The molecule has 0 aliphatic heterocycles. The number of amides is 1. The van der Waals surface area contributed by atoms with Gasteiger partial charge >= 0.3 is 10.7 Å². The van der Waals surface area contributed by atoms with Gasteiger partial charge in [-0.2, -0.15) is 5.10 Å². The highest BCUT2D eigenvalue weighted by Crippen LogP contribution is 2.27. The maximum Gasteiger partial charge on any atom is 0.324 e. The predicted octanol–water partition coefficient (Wildman–Crippen LogP) is 2.40. The average Bonchev–Trinajstić information content (AvgIpc) is 3.02. The van der Waals surface area contributed by atoms with Crippen LogP contribution < -0.4 is 10.2 Å². The molecule has 0 unspecified atom stereocenters. The van der Waals surface area contributed by atoms with Crippen molar-refractivity contribution in [1.82, 2.24) is 5.43 Å². The minimum Gasteiger partial charge on any atom is -0.477 e. The molecule has 0 saturated heterocycles. The molecular formula is C14H12N4O6S. The molecule has 10 nitrogen and oxygen atoms in total. The van der Waals surface area contributed by atoms with Gasteiger partial charge in [0, 0.05) is 12.1 Å². The number of nitro benzene ring substituents is 1. The highest BCUT2D eigenvalue weighted by Gasteiger charge is 2.16. The molecule has 0 atom stereocenters. The molecule has 1 aromatic heterocycles. The van der Waals surface area contributed by atoms with Crippen LogP contribution >= 0.6 is 11.3 Å². The summed E-state index contributed by atoms with van der Waals surface area (Å²) in [7, 11) is 0. The summed E-state index contributed by atoms with van der Waals surface area (Å²) < 4.78 is 5.14. The van der Waals surface area contributed by atoms with Gasteiger partial charge in [-0.05, 0) is 24.6 Å². The molecule has 0 bridgehead atoms. The lowest BCUT2D eigenvalue weighted by Gasteiger charge is -2.06. The van der Waals surface area contributed by atoms with E-state index in [1.165, 1.54) is 30.5 Å². The third kappa shape index (κ3) is 5.07. The normalized spacial score (nSPS) is 10.6. The fourth-order valence-electron chi connectivity index (χ4n) is 1.75. The van der Waals surface area contributed by atoms with Crippen molar-refractivity contribution in [2.45, 2.75) is 6.92 Å². The second-order valence-electron chi connectivity index (χ2n) is 4.74. The van der Waals surface area contributed by atoms with Crippen LogP contribution in [0.4, 0.5) is 10.7 Å². The van der Waals surface area contributed by atoms with Crippen molar-refractivity contribution in [3.63, 3.8) is 0 Å². The molecule has 11 heteroatoms. The molecule has 2 rings (SSSR count). The number of nitrogens with one attached hydrogen (secondary N) is 1.